The molecule has 0 aliphatic carbocycles. The van der Waals surface area contributed by atoms with Gasteiger partial charge in [-0.3, -0.25) is 13.8 Å². The summed E-state index contributed by atoms with van der Waals surface area (Å²) in [5.41, 5.74) is 0. The molecule has 0 aliphatic heterocycles. The van der Waals surface area contributed by atoms with Crippen molar-refractivity contribution in [1.82, 2.24) is 0 Å². The van der Waals surface area contributed by atoms with Crippen LogP contribution in [0.4, 0.5) is 0 Å². The summed E-state index contributed by atoms with van der Waals surface area (Å²) >= 11 is 0. The number of unbranched alkanes of at least 4 members (excludes halogenated alkanes) is 19. The van der Waals surface area contributed by atoms with Crippen LogP contribution >= 0.6 is 7.82 Å². The molecular formula is C46H85NO7P+. The second kappa shape index (κ2) is 39.0. The number of likely N-dealkylation sites (N-methyl/N-ethyl adjacent to an activating group) is 1. The first kappa shape index (κ1) is 53.2. The van der Waals surface area contributed by atoms with Crippen LogP contribution in [-0.2, 0) is 23.1 Å². The summed E-state index contributed by atoms with van der Waals surface area (Å²) < 4.78 is 27.3. The van der Waals surface area contributed by atoms with Crippen LogP contribution in [0.2, 0.25) is 0 Å². The van der Waals surface area contributed by atoms with Gasteiger partial charge in [-0.2, -0.15) is 0 Å². The highest BCUT2D eigenvalue weighted by Gasteiger charge is 2.24. The third kappa shape index (κ3) is 44.8. The van der Waals surface area contributed by atoms with E-state index in [2.05, 4.69) is 67.7 Å². The van der Waals surface area contributed by atoms with Crippen LogP contribution in [0.25, 0.3) is 0 Å². The summed E-state index contributed by atoms with van der Waals surface area (Å²) in [5, 5.41) is 9.92. The van der Waals surface area contributed by atoms with Gasteiger partial charge in [-0.25, -0.2) is 4.57 Å². The predicted molar refractivity (Wildman–Crippen MR) is 233 cm³/mol. The molecule has 0 saturated heterocycles. The number of phosphoric ester groups is 1. The highest BCUT2D eigenvalue weighted by molar-refractivity contribution is 7.47. The third-order valence-corrected chi connectivity index (χ3v) is 10.3. The van der Waals surface area contributed by atoms with Gasteiger partial charge in [-0.05, 0) is 51.4 Å². The van der Waals surface area contributed by atoms with E-state index in [1.165, 1.54) is 109 Å². The number of hydrogen-bond acceptors (Lipinski definition) is 6. The first-order valence-electron chi connectivity index (χ1n) is 22.1. The summed E-state index contributed by atoms with van der Waals surface area (Å²) in [6, 6.07) is 0. The van der Waals surface area contributed by atoms with Gasteiger partial charge in [0.1, 0.15) is 25.9 Å². The van der Waals surface area contributed by atoms with Gasteiger partial charge < -0.3 is 19.2 Å². The summed E-state index contributed by atoms with van der Waals surface area (Å²) in [7, 11) is 1.56. The molecule has 0 fully saturated rings. The maximum atomic E-state index is 12.0. The lowest BCUT2D eigenvalue weighted by atomic mass is 10.0. The molecule has 0 saturated carbocycles. The maximum absolute atomic E-state index is 12.0. The molecule has 0 heterocycles. The fraction of sp³-hybridized carbons (Fsp3) is 0.761. The monoisotopic (exact) mass is 795 g/mol. The summed E-state index contributed by atoms with van der Waals surface area (Å²) in [5.74, 6) is -0.371. The molecule has 0 bridgehead atoms. The highest BCUT2D eigenvalue weighted by atomic mass is 31.2. The van der Waals surface area contributed by atoms with Gasteiger partial charge in [-0.15, -0.1) is 0 Å². The van der Waals surface area contributed by atoms with E-state index in [0.717, 1.165) is 51.4 Å². The molecule has 0 radical (unpaired) electrons. The minimum atomic E-state index is -4.25. The number of quaternary nitrogens is 1. The average Bonchev–Trinajstić information content (AvgIpc) is 3.14. The molecule has 2 atom stereocenters. The van der Waals surface area contributed by atoms with E-state index in [0.29, 0.717) is 17.4 Å². The normalized spacial score (nSPS) is 14.4. The maximum Gasteiger partial charge on any atom is 0.472 e. The van der Waals surface area contributed by atoms with Crippen molar-refractivity contribution >= 4 is 13.8 Å². The van der Waals surface area contributed by atoms with Crippen LogP contribution in [0.3, 0.4) is 0 Å². The Morgan fingerprint density at radius 2 is 0.945 bits per heavy atom. The Hall–Kier alpha value is -1.80. The van der Waals surface area contributed by atoms with E-state index in [1.807, 2.05) is 21.1 Å². The van der Waals surface area contributed by atoms with Crippen molar-refractivity contribution < 1.29 is 37.6 Å². The van der Waals surface area contributed by atoms with E-state index in [1.54, 1.807) is 0 Å². The van der Waals surface area contributed by atoms with Crippen molar-refractivity contribution in [2.45, 2.75) is 180 Å². The van der Waals surface area contributed by atoms with Crippen LogP contribution in [0.5, 0.6) is 0 Å². The Labute approximate surface area is 338 Å². The number of carbonyl (C=O) groups is 1. The standard InChI is InChI=1S/C46H84NO7P/c1-5-6-7-8-9-10-11-12-13-14-15-16-17-18-19-20-21-22-23-24-25-26-27-28-29-30-31-32-33-34-35-36-37-38-39-40-46(49)52-43-45(48)44-54-55(50,51)53-42-41-47(2,3)4/h6-7,9-10,12-13,15-16,18-19,45,48H,5,8,11,14,17,20-44H2,1-4H3/p+1/b7-6-,10-9-,13-12-,16-15-,19-18-. The number of allylic oxidation sites excluding steroid dienone is 10. The minimum Gasteiger partial charge on any atom is -0.463 e. The number of aliphatic hydroxyl groups excluding tert-OH is 1. The van der Waals surface area contributed by atoms with Gasteiger partial charge in [0.2, 0.25) is 0 Å². The first-order chi connectivity index (χ1) is 26.6. The zero-order chi connectivity index (χ0) is 40.6. The number of carbonyl (C=O) groups excluding carboxylic acids is 1. The molecule has 0 amide bonds. The third-order valence-electron chi connectivity index (χ3n) is 9.29. The van der Waals surface area contributed by atoms with Crippen molar-refractivity contribution in [1.29, 1.82) is 0 Å². The van der Waals surface area contributed by atoms with Crippen LogP contribution in [0, 0.1) is 0 Å². The molecule has 0 aromatic heterocycles. The van der Waals surface area contributed by atoms with Crippen molar-refractivity contribution in [3.05, 3.63) is 60.8 Å². The largest absolute Gasteiger partial charge is 0.472 e. The number of rotatable bonds is 40. The number of ether oxygens (including phenoxy) is 1. The van der Waals surface area contributed by atoms with Crippen molar-refractivity contribution in [2.75, 3.05) is 47.5 Å². The molecule has 0 spiro atoms. The van der Waals surface area contributed by atoms with Crippen LogP contribution in [-0.4, -0.2) is 74.1 Å². The van der Waals surface area contributed by atoms with Crippen LogP contribution in [0.1, 0.15) is 174 Å². The number of aliphatic hydroxyl groups is 1. The Kier molecular flexibility index (Phi) is 37.8. The molecule has 0 aliphatic rings. The minimum absolute atomic E-state index is 0.0540. The van der Waals surface area contributed by atoms with E-state index in [-0.39, 0.29) is 19.2 Å². The Morgan fingerprint density at radius 1 is 0.564 bits per heavy atom. The molecule has 9 heteroatoms. The number of phosphoric acid groups is 1. The lowest BCUT2D eigenvalue weighted by Gasteiger charge is -2.24. The van der Waals surface area contributed by atoms with Crippen molar-refractivity contribution in [2.24, 2.45) is 0 Å². The zero-order valence-corrected chi connectivity index (χ0v) is 36.8. The molecule has 0 aromatic rings. The number of esters is 1. The second-order valence-electron chi connectivity index (χ2n) is 15.9. The van der Waals surface area contributed by atoms with Gasteiger partial charge in [0, 0.05) is 6.42 Å². The fourth-order valence-corrected chi connectivity index (χ4v) is 6.61. The van der Waals surface area contributed by atoms with Crippen LogP contribution < -0.4 is 0 Å². The van der Waals surface area contributed by atoms with Gasteiger partial charge >= 0.3 is 13.8 Å². The summed E-state index contributed by atoms with van der Waals surface area (Å²) in [6.45, 7) is 2.04. The summed E-state index contributed by atoms with van der Waals surface area (Å²) in [4.78, 5) is 21.7. The predicted octanol–water partition coefficient (Wildman–Crippen LogP) is 12.7. The number of hydrogen-bond donors (Lipinski definition) is 2. The molecule has 2 N–H and O–H groups in total. The average molecular weight is 795 g/mol. The van der Waals surface area contributed by atoms with E-state index >= 15 is 0 Å². The van der Waals surface area contributed by atoms with Gasteiger partial charge in [0.25, 0.3) is 0 Å². The van der Waals surface area contributed by atoms with E-state index in [9.17, 15) is 19.4 Å². The lowest BCUT2D eigenvalue weighted by Crippen LogP contribution is -2.37. The second-order valence-corrected chi connectivity index (χ2v) is 17.4. The van der Waals surface area contributed by atoms with Crippen molar-refractivity contribution in [3.63, 3.8) is 0 Å². The Morgan fingerprint density at radius 3 is 1.36 bits per heavy atom. The summed E-state index contributed by atoms with van der Waals surface area (Å²) in [6.07, 6.45) is 52.8. The quantitative estimate of drug-likeness (QED) is 0.0209. The molecule has 8 nitrogen and oxygen atoms in total. The SMILES string of the molecule is CC/C=C\C/C=C\C/C=C\C/C=C\C/C=C\CCCCCCCCCCCCCCCCCCCCCC(=O)OCC(O)COP(=O)(O)OCC[N+](C)(C)C. The van der Waals surface area contributed by atoms with Gasteiger partial charge in [0.15, 0.2) is 0 Å². The highest BCUT2D eigenvalue weighted by Crippen LogP contribution is 2.43. The van der Waals surface area contributed by atoms with Gasteiger partial charge in [0.05, 0.1) is 27.7 Å². The molecule has 2 unspecified atom stereocenters. The molecule has 320 valence electrons. The smallest absolute Gasteiger partial charge is 0.463 e. The lowest BCUT2D eigenvalue weighted by molar-refractivity contribution is -0.870. The van der Waals surface area contributed by atoms with E-state index in [4.69, 9.17) is 13.8 Å². The molecule has 0 aromatic carbocycles. The fourth-order valence-electron chi connectivity index (χ4n) is 5.86. The Bertz CT molecular complexity index is 1060. The molecular weight excluding hydrogens is 709 g/mol. The van der Waals surface area contributed by atoms with E-state index < -0.39 is 20.5 Å². The molecule has 0 rings (SSSR count). The molecule has 55 heavy (non-hydrogen) atoms. The first-order valence-corrected chi connectivity index (χ1v) is 23.6. The number of nitrogens with zero attached hydrogens (tertiary/aromatic N) is 1. The zero-order valence-electron chi connectivity index (χ0n) is 35.9. The topological polar surface area (TPSA) is 102 Å². The van der Waals surface area contributed by atoms with Crippen molar-refractivity contribution in [3.8, 4) is 0 Å². The Balaban J connectivity index is 3.39. The van der Waals surface area contributed by atoms with Gasteiger partial charge in [-0.1, -0.05) is 177 Å². The van der Waals surface area contributed by atoms with Crippen LogP contribution in [0.15, 0.2) is 60.8 Å².